The van der Waals surface area contributed by atoms with E-state index in [4.69, 9.17) is 4.74 Å². The summed E-state index contributed by atoms with van der Waals surface area (Å²) in [5.74, 6) is -0.506. The van der Waals surface area contributed by atoms with Crippen LogP contribution in [0.4, 0.5) is 10.1 Å². The Kier molecular flexibility index (Phi) is 6.11. The number of methoxy groups -OCH3 is 1. The minimum atomic E-state index is -3.96. The maximum atomic E-state index is 13.3. The summed E-state index contributed by atoms with van der Waals surface area (Å²) < 4.78 is 44.4. The molecule has 0 bridgehead atoms. The quantitative estimate of drug-likeness (QED) is 0.817. The van der Waals surface area contributed by atoms with Gasteiger partial charge in [0.25, 0.3) is 0 Å². The van der Waals surface area contributed by atoms with E-state index in [1.165, 1.54) is 19.2 Å². The highest BCUT2D eigenvalue weighted by Crippen LogP contribution is 2.18. The Hall–Kier alpha value is -2.45. The molecule has 8 heteroatoms. The first-order valence-corrected chi connectivity index (χ1v) is 9.00. The number of hydrogen-bond acceptors (Lipinski definition) is 4. The van der Waals surface area contributed by atoms with Crippen LogP contribution < -0.4 is 10.1 Å². The third kappa shape index (κ3) is 4.77. The summed E-state index contributed by atoms with van der Waals surface area (Å²) in [6.07, 6.45) is 0. The van der Waals surface area contributed by atoms with Gasteiger partial charge in [-0.05, 0) is 42.5 Å². The van der Waals surface area contributed by atoms with Gasteiger partial charge in [0.05, 0.1) is 18.6 Å². The van der Waals surface area contributed by atoms with Crippen molar-refractivity contribution in [3.8, 4) is 5.75 Å². The lowest BCUT2D eigenvalue weighted by Crippen LogP contribution is -2.37. The molecule has 2 aromatic rings. The molecule has 6 nitrogen and oxygen atoms in total. The van der Waals surface area contributed by atoms with Crippen LogP contribution in [0.15, 0.2) is 53.4 Å². The van der Waals surface area contributed by atoms with Gasteiger partial charge in [0.2, 0.25) is 15.9 Å². The number of carbonyl (C=O) groups is 1. The van der Waals surface area contributed by atoms with Gasteiger partial charge < -0.3 is 10.1 Å². The Labute approximate surface area is 146 Å². The molecular formula is C17H19FN2O4S. The van der Waals surface area contributed by atoms with Crippen LogP contribution in [0, 0.1) is 5.82 Å². The van der Waals surface area contributed by atoms with Gasteiger partial charge in [-0.2, -0.15) is 4.31 Å². The Morgan fingerprint density at radius 3 is 2.44 bits per heavy atom. The minimum Gasteiger partial charge on any atom is -0.497 e. The maximum absolute atomic E-state index is 13.3. The third-order valence-corrected chi connectivity index (χ3v) is 5.40. The van der Waals surface area contributed by atoms with Crippen LogP contribution in [0.3, 0.4) is 0 Å². The van der Waals surface area contributed by atoms with E-state index >= 15 is 0 Å². The molecule has 0 saturated heterocycles. The number of likely N-dealkylation sites (N-methyl/N-ethyl adjacent to an activating group) is 1. The number of rotatable bonds is 7. The third-order valence-electron chi connectivity index (χ3n) is 3.48. The summed E-state index contributed by atoms with van der Waals surface area (Å²) in [7, 11) is -2.43. The second-order valence-electron chi connectivity index (χ2n) is 5.17. The smallest absolute Gasteiger partial charge is 0.243 e. The summed E-state index contributed by atoms with van der Waals surface area (Å²) in [5, 5.41) is 2.62. The van der Waals surface area contributed by atoms with Crippen molar-refractivity contribution in [1.82, 2.24) is 4.31 Å². The van der Waals surface area contributed by atoms with Crippen molar-refractivity contribution < 1.29 is 22.3 Å². The zero-order valence-corrected chi connectivity index (χ0v) is 14.7. The summed E-state index contributed by atoms with van der Waals surface area (Å²) in [5.41, 5.74) is 0.519. The molecule has 0 aliphatic rings. The van der Waals surface area contributed by atoms with Crippen molar-refractivity contribution >= 4 is 21.6 Å². The second-order valence-corrected chi connectivity index (χ2v) is 7.10. The zero-order chi connectivity index (χ0) is 18.4. The first-order valence-electron chi connectivity index (χ1n) is 7.56. The summed E-state index contributed by atoms with van der Waals surface area (Å²) in [4.78, 5) is 12.0. The van der Waals surface area contributed by atoms with Crippen LogP contribution in [-0.4, -0.2) is 38.8 Å². The first kappa shape index (κ1) is 18.9. The molecule has 2 rings (SSSR count). The Morgan fingerprint density at radius 2 is 1.88 bits per heavy atom. The molecule has 0 atom stereocenters. The molecule has 0 fully saturated rings. The summed E-state index contributed by atoms with van der Waals surface area (Å²) >= 11 is 0. The van der Waals surface area contributed by atoms with Crippen molar-refractivity contribution in [2.24, 2.45) is 0 Å². The van der Waals surface area contributed by atoms with Gasteiger partial charge in [-0.25, -0.2) is 12.8 Å². The van der Waals surface area contributed by atoms with Gasteiger partial charge in [0.1, 0.15) is 11.6 Å². The van der Waals surface area contributed by atoms with E-state index in [1.807, 2.05) is 0 Å². The first-order chi connectivity index (χ1) is 11.9. The SMILES string of the molecule is CCN(CC(=O)Nc1ccc(OC)cc1)S(=O)(=O)c1cccc(F)c1. The fourth-order valence-electron chi connectivity index (χ4n) is 2.18. The standard InChI is InChI=1S/C17H19FN2O4S/c1-3-20(25(22,23)16-6-4-5-13(18)11-16)12-17(21)19-14-7-9-15(24-2)10-8-14/h4-11H,3,12H2,1-2H3,(H,19,21). The molecule has 0 radical (unpaired) electrons. The number of nitrogens with one attached hydrogen (secondary N) is 1. The number of ether oxygens (including phenoxy) is 1. The summed E-state index contributed by atoms with van der Waals surface area (Å²) in [6, 6.07) is 11.3. The molecule has 0 spiro atoms. The van der Waals surface area contributed by atoms with E-state index in [2.05, 4.69) is 5.32 Å². The molecule has 0 aliphatic carbocycles. The van der Waals surface area contributed by atoms with E-state index in [-0.39, 0.29) is 18.0 Å². The van der Waals surface area contributed by atoms with Crippen molar-refractivity contribution in [2.75, 3.05) is 25.5 Å². The highest BCUT2D eigenvalue weighted by atomic mass is 32.2. The molecule has 0 saturated carbocycles. The molecule has 0 heterocycles. The average Bonchev–Trinajstić information content (AvgIpc) is 2.60. The molecule has 1 amide bonds. The van der Waals surface area contributed by atoms with Crippen molar-refractivity contribution in [3.05, 3.63) is 54.3 Å². The van der Waals surface area contributed by atoms with Crippen LogP contribution >= 0.6 is 0 Å². The molecule has 0 aliphatic heterocycles. The normalized spacial score (nSPS) is 11.4. The zero-order valence-electron chi connectivity index (χ0n) is 13.9. The van der Waals surface area contributed by atoms with Crippen molar-refractivity contribution in [1.29, 1.82) is 0 Å². The molecule has 134 valence electrons. The van der Waals surface area contributed by atoms with Gasteiger partial charge in [-0.3, -0.25) is 4.79 Å². The molecule has 25 heavy (non-hydrogen) atoms. The molecular weight excluding hydrogens is 347 g/mol. The van der Waals surface area contributed by atoms with Crippen LogP contribution in [0.1, 0.15) is 6.92 Å². The number of amides is 1. The second kappa shape index (κ2) is 8.09. The lowest BCUT2D eigenvalue weighted by molar-refractivity contribution is -0.116. The average molecular weight is 366 g/mol. The number of benzene rings is 2. The van der Waals surface area contributed by atoms with E-state index < -0.39 is 21.7 Å². The number of carbonyl (C=O) groups excluding carboxylic acids is 1. The van der Waals surface area contributed by atoms with Crippen LogP contribution in [0.2, 0.25) is 0 Å². The van der Waals surface area contributed by atoms with Crippen LogP contribution in [0.25, 0.3) is 0 Å². The lowest BCUT2D eigenvalue weighted by Gasteiger charge is -2.20. The van der Waals surface area contributed by atoms with Gasteiger partial charge >= 0.3 is 0 Å². The number of anilines is 1. The van der Waals surface area contributed by atoms with Crippen LogP contribution in [0.5, 0.6) is 5.75 Å². The molecule has 2 aromatic carbocycles. The van der Waals surface area contributed by atoms with E-state index in [1.54, 1.807) is 31.2 Å². The lowest BCUT2D eigenvalue weighted by atomic mass is 10.3. The van der Waals surface area contributed by atoms with Gasteiger partial charge in [-0.1, -0.05) is 13.0 Å². The molecule has 0 aromatic heterocycles. The monoisotopic (exact) mass is 366 g/mol. The predicted octanol–water partition coefficient (Wildman–Crippen LogP) is 2.48. The summed E-state index contributed by atoms with van der Waals surface area (Å²) in [6.45, 7) is 1.31. The molecule has 0 unspecified atom stereocenters. The largest absolute Gasteiger partial charge is 0.497 e. The maximum Gasteiger partial charge on any atom is 0.243 e. The van der Waals surface area contributed by atoms with E-state index in [0.29, 0.717) is 11.4 Å². The Balaban J connectivity index is 2.11. The Bertz CT molecular complexity index is 838. The minimum absolute atomic E-state index is 0.0783. The van der Waals surface area contributed by atoms with Gasteiger partial charge in [0.15, 0.2) is 0 Å². The van der Waals surface area contributed by atoms with Crippen LogP contribution in [-0.2, 0) is 14.8 Å². The number of sulfonamides is 1. The van der Waals surface area contributed by atoms with E-state index in [0.717, 1.165) is 16.4 Å². The topological polar surface area (TPSA) is 75.7 Å². The number of nitrogens with zero attached hydrogens (tertiary/aromatic N) is 1. The fraction of sp³-hybridized carbons (Fsp3) is 0.235. The van der Waals surface area contributed by atoms with Gasteiger partial charge in [-0.15, -0.1) is 0 Å². The van der Waals surface area contributed by atoms with Crippen molar-refractivity contribution in [3.63, 3.8) is 0 Å². The number of hydrogen-bond donors (Lipinski definition) is 1. The number of halogens is 1. The molecule has 1 N–H and O–H groups in total. The van der Waals surface area contributed by atoms with E-state index in [9.17, 15) is 17.6 Å². The highest BCUT2D eigenvalue weighted by molar-refractivity contribution is 7.89. The Morgan fingerprint density at radius 1 is 1.20 bits per heavy atom. The predicted molar refractivity (Wildman–Crippen MR) is 92.5 cm³/mol. The van der Waals surface area contributed by atoms with Gasteiger partial charge in [0, 0.05) is 12.2 Å². The van der Waals surface area contributed by atoms with Crippen molar-refractivity contribution in [2.45, 2.75) is 11.8 Å². The fourth-order valence-corrected chi connectivity index (χ4v) is 3.62. The highest BCUT2D eigenvalue weighted by Gasteiger charge is 2.25.